The summed E-state index contributed by atoms with van der Waals surface area (Å²) in [4.78, 5) is 15.3. The maximum Gasteiger partial charge on any atom is 0.340 e. The van der Waals surface area contributed by atoms with Crippen molar-refractivity contribution in [1.29, 1.82) is 0 Å². The van der Waals surface area contributed by atoms with Crippen molar-refractivity contribution in [1.82, 2.24) is 4.98 Å². The molecule has 1 heterocycles. The highest BCUT2D eigenvalue weighted by Crippen LogP contribution is 2.24. The molecule has 0 saturated heterocycles. The first-order chi connectivity index (χ1) is 11.3. The molecule has 0 saturated carbocycles. The third kappa shape index (κ3) is 3.40. The average molecular weight is 303 g/mol. The molecule has 3 heteroatoms. The van der Waals surface area contributed by atoms with E-state index in [2.05, 4.69) is 4.98 Å². The zero-order valence-electron chi connectivity index (χ0n) is 12.8. The van der Waals surface area contributed by atoms with Crippen LogP contribution in [0.3, 0.4) is 0 Å². The standard InChI is InChI=1S/C20H17NO2/c1-23-20(22)17-14-19(16-10-6-3-7-11-16)21-18(17)13-12-15-8-4-2-5-9-15/h2-14,21H,1H3. The van der Waals surface area contributed by atoms with Crippen molar-refractivity contribution >= 4 is 18.1 Å². The van der Waals surface area contributed by atoms with Gasteiger partial charge in [0.2, 0.25) is 0 Å². The summed E-state index contributed by atoms with van der Waals surface area (Å²) in [5, 5.41) is 0. The van der Waals surface area contributed by atoms with Crippen LogP contribution in [0.15, 0.2) is 66.7 Å². The van der Waals surface area contributed by atoms with Gasteiger partial charge in [-0.2, -0.15) is 0 Å². The number of aromatic nitrogens is 1. The summed E-state index contributed by atoms with van der Waals surface area (Å²) >= 11 is 0. The fourth-order valence-electron chi connectivity index (χ4n) is 2.40. The van der Waals surface area contributed by atoms with Crippen LogP contribution in [-0.4, -0.2) is 18.1 Å². The number of rotatable bonds is 4. The molecule has 114 valence electrons. The number of methoxy groups -OCH3 is 1. The summed E-state index contributed by atoms with van der Waals surface area (Å²) in [6.07, 6.45) is 3.86. The van der Waals surface area contributed by atoms with Crippen molar-refractivity contribution in [2.75, 3.05) is 7.11 Å². The van der Waals surface area contributed by atoms with Gasteiger partial charge in [-0.1, -0.05) is 66.7 Å². The highest BCUT2D eigenvalue weighted by molar-refractivity contribution is 5.96. The molecular weight excluding hydrogens is 286 g/mol. The third-order valence-corrected chi connectivity index (χ3v) is 3.58. The van der Waals surface area contributed by atoms with Gasteiger partial charge in [-0.25, -0.2) is 4.79 Å². The number of benzene rings is 2. The van der Waals surface area contributed by atoms with E-state index in [9.17, 15) is 4.79 Å². The molecule has 0 fully saturated rings. The predicted molar refractivity (Wildman–Crippen MR) is 92.9 cm³/mol. The van der Waals surface area contributed by atoms with E-state index in [1.54, 1.807) is 0 Å². The van der Waals surface area contributed by atoms with Crippen LogP contribution in [0.2, 0.25) is 0 Å². The quantitative estimate of drug-likeness (QED) is 0.713. The summed E-state index contributed by atoms with van der Waals surface area (Å²) in [6.45, 7) is 0. The SMILES string of the molecule is COC(=O)c1cc(-c2ccccc2)[nH]c1C=Cc1ccccc1. The van der Waals surface area contributed by atoms with Crippen LogP contribution >= 0.6 is 0 Å². The molecule has 0 aliphatic heterocycles. The molecule has 0 amide bonds. The Hall–Kier alpha value is -3.07. The van der Waals surface area contributed by atoms with Gasteiger partial charge in [0.05, 0.1) is 18.4 Å². The summed E-state index contributed by atoms with van der Waals surface area (Å²) in [7, 11) is 1.39. The van der Waals surface area contributed by atoms with Gasteiger partial charge in [0.15, 0.2) is 0 Å². The molecular formula is C20H17NO2. The van der Waals surface area contributed by atoms with E-state index in [0.29, 0.717) is 5.56 Å². The van der Waals surface area contributed by atoms with E-state index >= 15 is 0 Å². The van der Waals surface area contributed by atoms with E-state index < -0.39 is 0 Å². The zero-order chi connectivity index (χ0) is 16.1. The van der Waals surface area contributed by atoms with Gasteiger partial charge < -0.3 is 9.72 Å². The fourth-order valence-corrected chi connectivity index (χ4v) is 2.40. The lowest BCUT2D eigenvalue weighted by Crippen LogP contribution is -2.01. The van der Waals surface area contributed by atoms with Crippen molar-refractivity contribution in [2.24, 2.45) is 0 Å². The number of carbonyl (C=O) groups is 1. The minimum atomic E-state index is -0.351. The molecule has 1 aromatic heterocycles. The van der Waals surface area contributed by atoms with E-state index in [1.807, 2.05) is 78.9 Å². The Labute approximate surface area is 135 Å². The molecule has 0 aliphatic carbocycles. The minimum absolute atomic E-state index is 0.351. The number of aromatic amines is 1. The molecule has 3 nitrogen and oxygen atoms in total. The molecule has 0 aliphatic rings. The predicted octanol–water partition coefficient (Wildman–Crippen LogP) is 4.64. The van der Waals surface area contributed by atoms with Gasteiger partial charge in [-0.3, -0.25) is 0 Å². The average Bonchev–Trinajstić information content (AvgIpc) is 3.05. The summed E-state index contributed by atoms with van der Waals surface area (Å²) in [6, 6.07) is 21.7. The van der Waals surface area contributed by atoms with Crippen molar-refractivity contribution in [2.45, 2.75) is 0 Å². The van der Waals surface area contributed by atoms with Crippen molar-refractivity contribution in [3.8, 4) is 11.3 Å². The van der Waals surface area contributed by atoms with Crippen LogP contribution in [-0.2, 0) is 4.74 Å². The smallest absolute Gasteiger partial charge is 0.340 e. The number of nitrogens with one attached hydrogen (secondary N) is 1. The number of hydrogen-bond donors (Lipinski definition) is 1. The third-order valence-electron chi connectivity index (χ3n) is 3.58. The Bertz CT molecular complexity index is 817. The number of hydrogen-bond acceptors (Lipinski definition) is 2. The molecule has 0 bridgehead atoms. The Morgan fingerprint density at radius 1 is 0.957 bits per heavy atom. The van der Waals surface area contributed by atoms with Crippen molar-refractivity contribution < 1.29 is 9.53 Å². The van der Waals surface area contributed by atoms with Crippen molar-refractivity contribution in [3.05, 3.63) is 83.6 Å². The molecule has 1 N–H and O–H groups in total. The highest BCUT2D eigenvalue weighted by atomic mass is 16.5. The van der Waals surface area contributed by atoms with Gasteiger partial charge in [-0.15, -0.1) is 0 Å². The van der Waals surface area contributed by atoms with Gasteiger partial charge in [0, 0.05) is 5.69 Å². The minimum Gasteiger partial charge on any atom is -0.465 e. The number of esters is 1. The molecule has 0 spiro atoms. The second kappa shape index (κ2) is 6.79. The molecule has 3 aromatic rings. The van der Waals surface area contributed by atoms with Crippen LogP contribution in [0, 0.1) is 0 Å². The Morgan fingerprint density at radius 3 is 2.26 bits per heavy atom. The maximum absolute atomic E-state index is 12.0. The summed E-state index contributed by atoms with van der Waals surface area (Å²) in [5.41, 5.74) is 4.24. The molecule has 23 heavy (non-hydrogen) atoms. The van der Waals surface area contributed by atoms with E-state index in [0.717, 1.165) is 22.5 Å². The normalized spacial score (nSPS) is 10.8. The van der Waals surface area contributed by atoms with Gasteiger partial charge in [-0.05, 0) is 23.3 Å². The molecule has 2 aromatic carbocycles. The zero-order valence-corrected chi connectivity index (χ0v) is 12.8. The van der Waals surface area contributed by atoms with Crippen molar-refractivity contribution in [3.63, 3.8) is 0 Å². The Kier molecular flexibility index (Phi) is 4.39. The summed E-state index contributed by atoms with van der Waals surface area (Å²) in [5.74, 6) is -0.351. The first-order valence-corrected chi connectivity index (χ1v) is 7.38. The van der Waals surface area contributed by atoms with Crippen LogP contribution < -0.4 is 0 Å². The lowest BCUT2D eigenvalue weighted by molar-refractivity contribution is 0.0601. The van der Waals surface area contributed by atoms with Crippen LogP contribution in [0.5, 0.6) is 0 Å². The first-order valence-electron chi connectivity index (χ1n) is 7.38. The van der Waals surface area contributed by atoms with E-state index in [-0.39, 0.29) is 5.97 Å². The first kappa shape index (κ1) is 14.9. The number of carbonyl (C=O) groups excluding carboxylic acids is 1. The lowest BCUT2D eigenvalue weighted by atomic mass is 10.1. The van der Waals surface area contributed by atoms with Gasteiger partial charge in [0.1, 0.15) is 0 Å². The second-order valence-corrected chi connectivity index (χ2v) is 5.11. The molecule has 3 rings (SSSR count). The fraction of sp³-hybridized carbons (Fsp3) is 0.0500. The van der Waals surface area contributed by atoms with Gasteiger partial charge >= 0.3 is 5.97 Å². The van der Waals surface area contributed by atoms with Crippen LogP contribution in [0.25, 0.3) is 23.4 Å². The Morgan fingerprint density at radius 2 is 1.61 bits per heavy atom. The monoisotopic (exact) mass is 303 g/mol. The topological polar surface area (TPSA) is 42.1 Å². The van der Waals surface area contributed by atoms with E-state index in [4.69, 9.17) is 4.74 Å². The van der Waals surface area contributed by atoms with Crippen LogP contribution in [0.4, 0.5) is 0 Å². The Balaban J connectivity index is 1.99. The number of ether oxygens (including phenoxy) is 1. The summed E-state index contributed by atoms with van der Waals surface area (Å²) < 4.78 is 4.89. The van der Waals surface area contributed by atoms with Gasteiger partial charge in [0.25, 0.3) is 0 Å². The van der Waals surface area contributed by atoms with Crippen LogP contribution in [0.1, 0.15) is 21.6 Å². The molecule has 0 unspecified atom stereocenters. The largest absolute Gasteiger partial charge is 0.465 e. The maximum atomic E-state index is 12.0. The molecule has 0 atom stereocenters. The highest BCUT2D eigenvalue weighted by Gasteiger charge is 2.15. The number of H-pyrrole nitrogens is 1. The second-order valence-electron chi connectivity index (χ2n) is 5.11. The van der Waals surface area contributed by atoms with E-state index in [1.165, 1.54) is 7.11 Å². The lowest BCUT2D eigenvalue weighted by Gasteiger charge is -1.97. The molecule has 0 radical (unpaired) electrons.